The molecule has 0 aliphatic carbocycles. The first-order valence-electron chi connectivity index (χ1n) is 3.58. The topological polar surface area (TPSA) is 107 Å². The van der Waals surface area contributed by atoms with Crippen molar-refractivity contribution in [1.82, 2.24) is 0 Å². The van der Waals surface area contributed by atoms with Crippen LogP contribution in [0.2, 0.25) is 0 Å². The van der Waals surface area contributed by atoms with Crippen LogP contribution in [-0.4, -0.2) is 18.9 Å². The molecule has 0 radical (unpaired) electrons. The van der Waals surface area contributed by atoms with E-state index in [1.807, 2.05) is 0 Å². The Morgan fingerprint density at radius 3 is 2.67 bits per heavy atom. The molecule has 2 atom stereocenters. The molecule has 1 fully saturated rings. The predicted octanol–water partition coefficient (Wildman–Crippen LogP) is 2.11. The van der Waals surface area contributed by atoms with Crippen LogP contribution < -0.4 is 0 Å². The van der Waals surface area contributed by atoms with Gasteiger partial charge in [0, 0.05) is 16.4 Å². The maximum absolute atomic E-state index is 8.17. The number of nitrogens with zero attached hydrogens (tertiary/aromatic N) is 6. The highest BCUT2D eigenvalue weighted by Gasteiger charge is 2.23. The monoisotopic (exact) mass is 168 g/mol. The third-order valence-electron chi connectivity index (χ3n) is 1.63. The van der Waals surface area contributed by atoms with Crippen LogP contribution >= 0.6 is 0 Å². The van der Waals surface area contributed by atoms with Gasteiger partial charge in [-0.2, -0.15) is 0 Å². The van der Waals surface area contributed by atoms with Gasteiger partial charge >= 0.3 is 0 Å². The minimum Gasteiger partial charge on any atom is -0.372 e. The van der Waals surface area contributed by atoms with E-state index in [0.717, 1.165) is 6.42 Å². The SMILES string of the molecule is [N-]=[N+]=NC1CCCOC1N=[N+]=[N-]. The Kier molecular flexibility index (Phi) is 3.22. The van der Waals surface area contributed by atoms with E-state index >= 15 is 0 Å². The fourth-order valence-corrected chi connectivity index (χ4v) is 1.09. The van der Waals surface area contributed by atoms with E-state index < -0.39 is 6.23 Å². The summed E-state index contributed by atoms with van der Waals surface area (Å²) in [5, 5.41) is 6.85. The first-order chi connectivity index (χ1) is 5.88. The van der Waals surface area contributed by atoms with E-state index in [1.165, 1.54) is 0 Å². The number of hydrogen-bond donors (Lipinski definition) is 0. The average molecular weight is 168 g/mol. The average Bonchev–Trinajstić information content (AvgIpc) is 2.09. The summed E-state index contributed by atoms with van der Waals surface area (Å²) in [6.45, 7) is 0.557. The minimum atomic E-state index is -0.625. The summed E-state index contributed by atoms with van der Waals surface area (Å²) < 4.78 is 5.10. The van der Waals surface area contributed by atoms with E-state index in [2.05, 4.69) is 20.1 Å². The zero-order valence-corrected chi connectivity index (χ0v) is 6.37. The van der Waals surface area contributed by atoms with Gasteiger partial charge in [-0.1, -0.05) is 10.2 Å². The Hall–Kier alpha value is -1.42. The summed E-state index contributed by atoms with van der Waals surface area (Å²) in [7, 11) is 0. The van der Waals surface area contributed by atoms with Crippen LogP contribution in [0.15, 0.2) is 10.2 Å². The summed E-state index contributed by atoms with van der Waals surface area (Å²) in [4.78, 5) is 5.26. The van der Waals surface area contributed by atoms with Crippen LogP contribution in [-0.2, 0) is 4.74 Å². The summed E-state index contributed by atoms with van der Waals surface area (Å²) >= 11 is 0. The Morgan fingerprint density at radius 1 is 1.25 bits per heavy atom. The molecule has 64 valence electrons. The van der Waals surface area contributed by atoms with E-state index in [9.17, 15) is 0 Å². The van der Waals surface area contributed by atoms with Crippen molar-refractivity contribution in [3.8, 4) is 0 Å². The van der Waals surface area contributed by atoms with Crippen molar-refractivity contribution in [2.45, 2.75) is 25.1 Å². The van der Waals surface area contributed by atoms with Crippen molar-refractivity contribution in [3.05, 3.63) is 20.9 Å². The highest BCUT2D eigenvalue weighted by molar-refractivity contribution is 4.79. The molecule has 0 saturated carbocycles. The van der Waals surface area contributed by atoms with E-state index in [1.54, 1.807) is 0 Å². The molecule has 2 unspecified atom stereocenters. The first-order valence-corrected chi connectivity index (χ1v) is 3.58. The number of azide groups is 2. The summed E-state index contributed by atoms with van der Waals surface area (Å²) in [6.07, 6.45) is 0.925. The van der Waals surface area contributed by atoms with Gasteiger partial charge in [0.25, 0.3) is 0 Å². The van der Waals surface area contributed by atoms with Crippen molar-refractivity contribution >= 4 is 0 Å². The lowest BCUT2D eigenvalue weighted by Crippen LogP contribution is -2.30. The Bertz CT molecular complexity index is 214. The molecule has 1 heterocycles. The lowest BCUT2D eigenvalue weighted by molar-refractivity contribution is 0.00653. The molecule has 1 aliphatic heterocycles. The third kappa shape index (κ3) is 2.03. The molecule has 0 amide bonds. The molecule has 0 bridgehead atoms. The molecular formula is C5H8N6O. The van der Waals surface area contributed by atoms with Crippen LogP contribution in [0.5, 0.6) is 0 Å². The number of rotatable bonds is 2. The number of ether oxygens (including phenoxy) is 1. The third-order valence-corrected chi connectivity index (χ3v) is 1.63. The second-order valence-electron chi connectivity index (χ2n) is 2.38. The van der Waals surface area contributed by atoms with Crippen LogP contribution in [0, 0.1) is 0 Å². The summed E-state index contributed by atoms with van der Waals surface area (Å²) in [5.41, 5.74) is 16.3. The van der Waals surface area contributed by atoms with Gasteiger partial charge in [0.1, 0.15) is 6.23 Å². The molecule has 0 spiro atoms. The molecule has 1 aliphatic rings. The van der Waals surface area contributed by atoms with Gasteiger partial charge in [0.05, 0.1) is 6.04 Å². The molecule has 1 rings (SSSR count). The smallest absolute Gasteiger partial charge is 0.144 e. The zero-order chi connectivity index (χ0) is 8.81. The molecule has 7 nitrogen and oxygen atoms in total. The molecular weight excluding hydrogens is 160 g/mol. The van der Waals surface area contributed by atoms with Gasteiger partial charge in [-0.15, -0.1) is 0 Å². The normalized spacial score (nSPS) is 28.3. The lowest BCUT2D eigenvalue weighted by atomic mass is 10.1. The van der Waals surface area contributed by atoms with Gasteiger partial charge in [-0.3, -0.25) is 0 Å². The maximum atomic E-state index is 8.17. The Labute approximate surface area is 68.6 Å². The molecule has 0 aromatic carbocycles. The summed E-state index contributed by atoms with van der Waals surface area (Å²) in [5.74, 6) is 0. The molecule has 0 N–H and O–H groups in total. The molecule has 0 aromatic rings. The van der Waals surface area contributed by atoms with Crippen LogP contribution in [0.25, 0.3) is 20.9 Å². The van der Waals surface area contributed by atoms with Gasteiger partial charge in [0.2, 0.25) is 0 Å². The van der Waals surface area contributed by atoms with Crippen molar-refractivity contribution < 1.29 is 4.74 Å². The molecule has 12 heavy (non-hydrogen) atoms. The van der Waals surface area contributed by atoms with Gasteiger partial charge in [0.15, 0.2) is 0 Å². The second kappa shape index (κ2) is 4.46. The Morgan fingerprint density at radius 2 is 2.00 bits per heavy atom. The van der Waals surface area contributed by atoms with Crippen molar-refractivity contribution in [2.24, 2.45) is 10.2 Å². The fraction of sp³-hybridized carbons (Fsp3) is 1.00. The first kappa shape index (κ1) is 8.67. The highest BCUT2D eigenvalue weighted by Crippen LogP contribution is 2.18. The number of hydrogen-bond acceptors (Lipinski definition) is 3. The van der Waals surface area contributed by atoms with Gasteiger partial charge in [-0.05, 0) is 23.9 Å². The van der Waals surface area contributed by atoms with Crippen molar-refractivity contribution in [1.29, 1.82) is 0 Å². The predicted molar refractivity (Wildman–Crippen MR) is 41.1 cm³/mol. The standard InChI is InChI=1S/C5H8N6O/c6-10-8-4-2-1-3-12-5(4)9-11-7/h4-5H,1-3H2. The van der Waals surface area contributed by atoms with Gasteiger partial charge < -0.3 is 4.74 Å². The summed E-state index contributed by atoms with van der Waals surface area (Å²) in [6, 6.07) is -0.348. The lowest BCUT2D eigenvalue weighted by Gasteiger charge is -2.24. The molecule has 0 aromatic heterocycles. The van der Waals surface area contributed by atoms with E-state index in [4.69, 9.17) is 15.8 Å². The zero-order valence-electron chi connectivity index (χ0n) is 6.37. The molecule has 7 heteroatoms. The van der Waals surface area contributed by atoms with E-state index in [0.29, 0.717) is 13.0 Å². The van der Waals surface area contributed by atoms with Crippen LogP contribution in [0.4, 0.5) is 0 Å². The second-order valence-corrected chi connectivity index (χ2v) is 2.38. The van der Waals surface area contributed by atoms with Crippen LogP contribution in [0.3, 0.4) is 0 Å². The fourth-order valence-electron chi connectivity index (χ4n) is 1.09. The maximum Gasteiger partial charge on any atom is 0.144 e. The Balaban J connectivity index is 2.65. The highest BCUT2D eigenvalue weighted by atomic mass is 16.5. The van der Waals surface area contributed by atoms with Crippen molar-refractivity contribution in [3.63, 3.8) is 0 Å². The van der Waals surface area contributed by atoms with Crippen LogP contribution in [0.1, 0.15) is 12.8 Å². The van der Waals surface area contributed by atoms with E-state index in [-0.39, 0.29) is 6.04 Å². The largest absolute Gasteiger partial charge is 0.372 e. The van der Waals surface area contributed by atoms with Gasteiger partial charge in [-0.25, -0.2) is 0 Å². The minimum absolute atomic E-state index is 0.348. The molecule has 1 saturated heterocycles. The van der Waals surface area contributed by atoms with Crippen molar-refractivity contribution in [2.75, 3.05) is 6.61 Å². The quantitative estimate of drug-likeness (QED) is 0.351.